The Morgan fingerprint density at radius 2 is 2.24 bits per heavy atom. The van der Waals surface area contributed by atoms with Gasteiger partial charge in [-0.15, -0.1) is 0 Å². The molecule has 21 heavy (non-hydrogen) atoms. The van der Waals surface area contributed by atoms with Crippen LogP contribution in [0.5, 0.6) is 0 Å². The number of nitrogen functional groups attached to an aromatic ring is 1. The van der Waals surface area contributed by atoms with Gasteiger partial charge in [-0.05, 0) is 43.5 Å². The number of hydrogen-bond acceptors (Lipinski definition) is 4. The van der Waals surface area contributed by atoms with Gasteiger partial charge in [0.15, 0.2) is 0 Å². The summed E-state index contributed by atoms with van der Waals surface area (Å²) in [5.74, 6) is 0.439. The zero-order valence-corrected chi connectivity index (χ0v) is 14.3. The van der Waals surface area contributed by atoms with Crippen molar-refractivity contribution in [2.45, 2.75) is 33.2 Å². The molecule has 1 aromatic carbocycles. The van der Waals surface area contributed by atoms with Crippen molar-refractivity contribution < 1.29 is 9.53 Å². The fraction of sp³-hybridized carbons (Fsp3) is 0.562. The molecule has 4 nitrogen and oxygen atoms in total. The first-order chi connectivity index (χ1) is 10.0. The lowest BCUT2D eigenvalue weighted by Crippen LogP contribution is -2.20. The summed E-state index contributed by atoms with van der Waals surface area (Å²) < 4.78 is 5.93. The summed E-state index contributed by atoms with van der Waals surface area (Å²) in [5, 5.41) is 0. The Hall–Kier alpha value is -1.07. The summed E-state index contributed by atoms with van der Waals surface area (Å²) in [6.45, 7) is 7.52. The summed E-state index contributed by atoms with van der Waals surface area (Å²) in [5.41, 5.74) is 8.05. The molecule has 1 saturated heterocycles. The number of nitrogens with zero attached hydrogens (tertiary/aromatic N) is 1. The van der Waals surface area contributed by atoms with Crippen LogP contribution in [-0.4, -0.2) is 30.6 Å². The highest BCUT2D eigenvalue weighted by Gasteiger charge is 2.22. The van der Waals surface area contributed by atoms with Crippen molar-refractivity contribution in [1.82, 2.24) is 4.90 Å². The molecule has 1 heterocycles. The fourth-order valence-corrected chi connectivity index (χ4v) is 3.24. The topological polar surface area (TPSA) is 55.6 Å². The molecule has 5 heteroatoms. The van der Waals surface area contributed by atoms with Gasteiger partial charge in [0, 0.05) is 23.2 Å². The third-order valence-electron chi connectivity index (χ3n) is 4.06. The van der Waals surface area contributed by atoms with Crippen molar-refractivity contribution in [3.8, 4) is 0 Å². The number of nitrogens with two attached hydrogens (primary N) is 1. The van der Waals surface area contributed by atoms with Gasteiger partial charge in [-0.2, -0.15) is 0 Å². The number of likely N-dealkylation sites (tertiary alicyclic amines) is 1. The van der Waals surface area contributed by atoms with Crippen LogP contribution in [0.3, 0.4) is 0 Å². The highest BCUT2D eigenvalue weighted by Crippen LogP contribution is 2.28. The lowest BCUT2D eigenvalue weighted by Gasteiger charge is -2.18. The quantitative estimate of drug-likeness (QED) is 0.649. The molecule has 116 valence electrons. The molecule has 0 aliphatic carbocycles. The molecule has 0 bridgehead atoms. The minimum Gasteiger partial charge on any atom is -0.462 e. The molecule has 0 radical (unpaired) electrons. The van der Waals surface area contributed by atoms with Crippen LogP contribution in [-0.2, 0) is 11.3 Å². The van der Waals surface area contributed by atoms with E-state index < -0.39 is 0 Å². The molecular weight excluding hydrogens is 332 g/mol. The maximum atomic E-state index is 11.8. The van der Waals surface area contributed by atoms with Gasteiger partial charge in [0.2, 0.25) is 0 Å². The van der Waals surface area contributed by atoms with E-state index in [-0.39, 0.29) is 5.97 Å². The van der Waals surface area contributed by atoms with E-state index in [9.17, 15) is 4.79 Å². The van der Waals surface area contributed by atoms with Crippen LogP contribution in [0.15, 0.2) is 16.6 Å². The second-order valence-electron chi connectivity index (χ2n) is 5.55. The van der Waals surface area contributed by atoms with E-state index in [0.717, 1.165) is 35.6 Å². The molecular formula is C16H23BrN2O2. The molecule has 1 aliphatic rings. The number of carbonyl (C=O) groups excluding carboxylic acids is 1. The van der Waals surface area contributed by atoms with E-state index in [1.54, 1.807) is 13.0 Å². The maximum absolute atomic E-state index is 11.8. The summed E-state index contributed by atoms with van der Waals surface area (Å²) in [4.78, 5) is 14.3. The van der Waals surface area contributed by atoms with Crippen LogP contribution in [0.2, 0.25) is 0 Å². The Kier molecular flexibility index (Phi) is 5.65. The van der Waals surface area contributed by atoms with Gasteiger partial charge in [-0.1, -0.05) is 29.3 Å². The van der Waals surface area contributed by atoms with E-state index in [4.69, 9.17) is 10.5 Å². The van der Waals surface area contributed by atoms with Crippen molar-refractivity contribution in [2.24, 2.45) is 5.92 Å². The van der Waals surface area contributed by atoms with E-state index in [1.807, 2.05) is 6.07 Å². The molecule has 0 spiro atoms. The SMILES string of the molecule is CCOC(=O)c1cc(Br)c(CN2CC[C@@H](CC)C2)cc1N. The lowest BCUT2D eigenvalue weighted by molar-refractivity contribution is 0.0527. The predicted molar refractivity (Wildman–Crippen MR) is 88.2 cm³/mol. The van der Waals surface area contributed by atoms with Crippen LogP contribution in [0, 0.1) is 5.92 Å². The molecule has 0 amide bonds. The van der Waals surface area contributed by atoms with Crippen LogP contribution >= 0.6 is 15.9 Å². The molecule has 0 unspecified atom stereocenters. The zero-order valence-electron chi connectivity index (χ0n) is 12.7. The highest BCUT2D eigenvalue weighted by molar-refractivity contribution is 9.10. The Morgan fingerprint density at radius 3 is 2.86 bits per heavy atom. The summed E-state index contributed by atoms with van der Waals surface area (Å²) in [6.07, 6.45) is 2.51. The number of halogens is 1. The smallest absolute Gasteiger partial charge is 0.340 e. The fourth-order valence-electron chi connectivity index (χ4n) is 2.77. The van der Waals surface area contributed by atoms with Gasteiger partial charge in [0.1, 0.15) is 0 Å². The van der Waals surface area contributed by atoms with Crippen molar-refractivity contribution in [3.63, 3.8) is 0 Å². The van der Waals surface area contributed by atoms with Crippen molar-refractivity contribution in [2.75, 3.05) is 25.4 Å². The van der Waals surface area contributed by atoms with Crippen molar-refractivity contribution >= 4 is 27.6 Å². The number of hydrogen-bond donors (Lipinski definition) is 1. The van der Waals surface area contributed by atoms with Crippen LogP contribution in [0.1, 0.15) is 42.6 Å². The second-order valence-corrected chi connectivity index (χ2v) is 6.40. The first-order valence-electron chi connectivity index (χ1n) is 7.52. The Balaban J connectivity index is 2.11. The van der Waals surface area contributed by atoms with Crippen LogP contribution in [0.25, 0.3) is 0 Å². The first kappa shape index (κ1) is 16.3. The van der Waals surface area contributed by atoms with Gasteiger partial charge in [0.05, 0.1) is 12.2 Å². The number of rotatable bonds is 5. The Labute approximate surface area is 134 Å². The number of ether oxygens (including phenoxy) is 1. The summed E-state index contributed by atoms with van der Waals surface area (Å²) in [6, 6.07) is 3.66. The molecule has 1 fully saturated rings. The van der Waals surface area contributed by atoms with Crippen molar-refractivity contribution in [3.05, 3.63) is 27.7 Å². The standard InChI is InChI=1S/C16H23BrN2O2/c1-3-11-5-6-19(9-11)10-12-7-15(18)13(8-14(12)17)16(20)21-4-2/h7-8,11H,3-6,9-10,18H2,1-2H3/t11-/m1/s1. The molecule has 1 atom stereocenters. The minimum atomic E-state index is -0.366. The number of esters is 1. The predicted octanol–water partition coefficient (Wildman–Crippen LogP) is 3.44. The number of anilines is 1. The highest BCUT2D eigenvalue weighted by atomic mass is 79.9. The Bertz CT molecular complexity index is 519. The average Bonchev–Trinajstić information content (AvgIpc) is 2.90. The van der Waals surface area contributed by atoms with E-state index >= 15 is 0 Å². The second kappa shape index (κ2) is 7.27. The molecule has 0 aromatic heterocycles. The normalized spacial score (nSPS) is 18.9. The largest absolute Gasteiger partial charge is 0.462 e. The van der Waals surface area contributed by atoms with Gasteiger partial charge in [0.25, 0.3) is 0 Å². The van der Waals surface area contributed by atoms with E-state index in [1.165, 1.54) is 12.8 Å². The minimum absolute atomic E-state index is 0.351. The summed E-state index contributed by atoms with van der Waals surface area (Å²) >= 11 is 3.55. The Morgan fingerprint density at radius 1 is 1.48 bits per heavy atom. The van der Waals surface area contributed by atoms with E-state index in [0.29, 0.717) is 17.9 Å². The number of carbonyl (C=O) groups is 1. The third-order valence-corrected chi connectivity index (χ3v) is 4.79. The number of benzene rings is 1. The van der Waals surface area contributed by atoms with Crippen molar-refractivity contribution in [1.29, 1.82) is 0 Å². The third kappa shape index (κ3) is 3.98. The molecule has 2 rings (SSSR count). The zero-order chi connectivity index (χ0) is 15.4. The first-order valence-corrected chi connectivity index (χ1v) is 8.31. The lowest BCUT2D eigenvalue weighted by atomic mass is 10.1. The molecule has 1 aliphatic heterocycles. The molecule has 0 saturated carbocycles. The average molecular weight is 355 g/mol. The van der Waals surface area contributed by atoms with Gasteiger partial charge >= 0.3 is 5.97 Å². The van der Waals surface area contributed by atoms with Gasteiger partial charge < -0.3 is 10.5 Å². The van der Waals surface area contributed by atoms with E-state index in [2.05, 4.69) is 27.8 Å². The molecule has 2 N–H and O–H groups in total. The molecule has 1 aromatic rings. The summed E-state index contributed by atoms with van der Waals surface area (Å²) in [7, 11) is 0. The van der Waals surface area contributed by atoms with Gasteiger partial charge in [-0.3, -0.25) is 4.90 Å². The monoisotopic (exact) mass is 354 g/mol. The maximum Gasteiger partial charge on any atom is 0.340 e. The van der Waals surface area contributed by atoms with Crippen LogP contribution < -0.4 is 5.73 Å². The van der Waals surface area contributed by atoms with Gasteiger partial charge in [-0.25, -0.2) is 4.79 Å². The van der Waals surface area contributed by atoms with Crippen LogP contribution in [0.4, 0.5) is 5.69 Å².